The smallest absolute Gasteiger partial charge is 0.148 e. The van der Waals surface area contributed by atoms with Crippen molar-refractivity contribution in [1.29, 1.82) is 5.41 Å². The quantitative estimate of drug-likeness (QED) is 0.455. The van der Waals surface area contributed by atoms with E-state index in [1.54, 1.807) is 13.3 Å². The van der Waals surface area contributed by atoms with Gasteiger partial charge in [-0.3, -0.25) is 10.4 Å². The number of nitrogens with one attached hydrogen (secondary N) is 1. The third kappa shape index (κ3) is 3.38. The third-order valence-corrected chi connectivity index (χ3v) is 1.89. The van der Waals surface area contributed by atoms with Crippen molar-refractivity contribution in [3.8, 4) is 0 Å². The number of hydrazone groups is 1. The fourth-order valence-corrected chi connectivity index (χ4v) is 1.07. The molecule has 3 heteroatoms. The van der Waals surface area contributed by atoms with E-state index in [2.05, 4.69) is 5.10 Å². The predicted octanol–water partition coefficient (Wildman–Crippen LogP) is 2.51. The highest BCUT2D eigenvalue weighted by Gasteiger charge is 2.03. The molecule has 0 unspecified atom stereocenters. The zero-order valence-electron chi connectivity index (χ0n) is 9.01. The van der Waals surface area contributed by atoms with Crippen molar-refractivity contribution in [2.45, 2.75) is 6.92 Å². The van der Waals surface area contributed by atoms with Gasteiger partial charge < -0.3 is 0 Å². The van der Waals surface area contributed by atoms with Crippen molar-refractivity contribution in [2.24, 2.45) is 5.10 Å². The second kappa shape index (κ2) is 5.75. The summed E-state index contributed by atoms with van der Waals surface area (Å²) in [4.78, 5) is 0. The van der Waals surface area contributed by atoms with E-state index < -0.39 is 0 Å². The molecule has 0 aromatic heterocycles. The summed E-state index contributed by atoms with van der Waals surface area (Å²) >= 11 is 0. The number of allylic oxidation sites excluding steroid dienone is 2. The molecule has 1 aromatic carbocycles. The summed E-state index contributed by atoms with van der Waals surface area (Å²) in [5, 5.41) is 13.5. The van der Waals surface area contributed by atoms with Crippen LogP contribution in [0, 0.1) is 5.41 Å². The molecule has 1 N–H and O–H groups in total. The molecule has 0 saturated heterocycles. The van der Waals surface area contributed by atoms with Crippen molar-refractivity contribution in [1.82, 2.24) is 5.01 Å². The molecule has 0 aliphatic rings. The summed E-state index contributed by atoms with van der Waals surface area (Å²) in [6.45, 7) is 1.93. The van der Waals surface area contributed by atoms with E-state index in [0.717, 1.165) is 5.56 Å². The molecule has 0 fully saturated rings. The molecule has 0 atom stereocenters. The van der Waals surface area contributed by atoms with Crippen molar-refractivity contribution in [3.63, 3.8) is 0 Å². The molecule has 15 heavy (non-hydrogen) atoms. The first-order chi connectivity index (χ1) is 7.25. The van der Waals surface area contributed by atoms with Crippen LogP contribution >= 0.6 is 0 Å². The summed E-state index contributed by atoms with van der Waals surface area (Å²) in [7, 11) is 1.76. The average Bonchev–Trinajstić information content (AvgIpc) is 2.29. The highest BCUT2D eigenvalue weighted by Crippen LogP contribution is 2.02. The lowest BCUT2D eigenvalue weighted by Gasteiger charge is -2.13. The van der Waals surface area contributed by atoms with Crippen LogP contribution < -0.4 is 0 Å². The fraction of sp³-hybridized carbons (Fsp3) is 0.167. The van der Waals surface area contributed by atoms with Crippen LogP contribution in [0.1, 0.15) is 12.5 Å². The number of amidine groups is 1. The van der Waals surface area contributed by atoms with Crippen molar-refractivity contribution in [2.75, 3.05) is 7.05 Å². The summed E-state index contributed by atoms with van der Waals surface area (Å²) in [6.07, 6.45) is 5.38. The molecule has 0 amide bonds. The van der Waals surface area contributed by atoms with Gasteiger partial charge in [0.1, 0.15) is 5.84 Å². The zero-order chi connectivity index (χ0) is 11.1. The van der Waals surface area contributed by atoms with Crippen LogP contribution in [-0.2, 0) is 0 Å². The van der Waals surface area contributed by atoms with E-state index in [1.807, 2.05) is 49.4 Å². The van der Waals surface area contributed by atoms with Gasteiger partial charge in [-0.2, -0.15) is 5.10 Å². The molecular formula is C12H15N3. The maximum Gasteiger partial charge on any atom is 0.148 e. The van der Waals surface area contributed by atoms with Crippen LogP contribution in [0.25, 0.3) is 0 Å². The summed E-state index contributed by atoms with van der Waals surface area (Å²) in [6, 6.07) is 9.54. The molecule has 0 aliphatic heterocycles. The van der Waals surface area contributed by atoms with Crippen molar-refractivity contribution >= 4 is 12.1 Å². The van der Waals surface area contributed by atoms with Gasteiger partial charge in [-0.1, -0.05) is 36.4 Å². The molecule has 0 aliphatic carbocycles. The SMILES string of the molecule is C/C=C/C=N\N(C)C(=N)c1ccccc1. The topological polar surface area (TPSA) is 39.5 Å². The van der Waals surface area contributed by atoms with Crippen LogP contribution in [0.2, 0.25) is 0 Å². The molecule has 0 saturated carbocycles. The first-order valence-corrected chi connectivity index (χ1v) is 4.78. The van der Waals surface area contributed by atoms with Crippen molar-refractivity contribution in [3.05, 3.63) is 48.0 Å². The van der Waals surface area contributed by atoms with Gasteiger partial charge in [0.15, 0.2) is 0 Å². The Labute approximate surface area is 90.2 Å². The highest BCUT2D eigenvalue weighted by atomic mass is 15.4. The molecule has 0 bridgehead atoms. The molecule has 78 valence electrons. The first kappa shape index (κ1) is 11.2. The second-order valence-electron chi connectivity index (χ2n) is 3.03. The van der Waals surface area contributed by atoms with Gasteiger partial charge in [0.25, 0.3) is 0 Å². The van der Waals surface area contributed by atoms with Crippen LogP contribution in [0.15, 0.2) is 47.6 Å². The van der Waals surface area contributed by atoms with E-state index in [4.69, 9.17) is 5.41 Å². The average molecular weight is 201 g/mol. The molecule has 1 rings (SSSR count). The Morgan fingerprint density at radius 2 is 2.00 bits per heavy atom. The van der Waals surface area contributed by atoms with Gasteiger partial charge >= 0.3 is 0 Å². The number of hydrogen-bond acceptors (Lipinski definition) is 2. The van der Waals surface area contributed by atoms with E-state index in [-0.39, 0.29) is 0 Å². The van der Waals surface area contributed by atoms with Crippen LogP contribution in [0.4, 0.5) is 0 Å². The number of benzene rings is 1. The first-order valence-electron chi connectivity index (χ1n) is 4.78. The molecular weight excluding hydrogens is 186 g/mol. The zero-order valence-corrected chi connectivity index (χ0v) is 9.01. The van der Waals surface area contributed by atoms with E-state index in [9.17, 15) is 0 Å². The fourth-order valence-electron chi connectivity index (χ4n) is 1.07. The summed E-state index contributed by atoms with van der Waals surface area (Å²) in [5.74, 6) is 0.386. The molecule has 3 nitrogen and oxygen atoms in total. The Kier molecular flexibility index (Phi) is 4.29. The number of hydrogen-bond donors (Lipinski definition) is 1. The molecule has 0 heterocycles. The van der Waals surface area contributed by atoms with E-state index >= 15 is 0 Å². The minimum absolute atomic E-state index is 0.386. The summed E-state index contributed by atoms with van der Waals surface area (Å²) < 4.78 is 0. The predicted molar refractivity (Wildman–Crippen MR) is 64.3 cm³/mol. The lowest BCUT2D eigenvalue weighted by atomic mass is 10.2. The van der Waals surface area contributed by atoms with E-state index in [0.29, 0.717) is 5.84 Å². The van der Waals surface area contributed by atoms with Gasteiger partial charge in [-0.15, -0.1) is 0 Å². The van der Waals surface area contributed by atoms with Crippen molar-refractivity contribution < 1.29 is 0 Å². The highest BCUT2D eigenvalue weighted by molar-refractivity contribution is 5.96. The Morgan fingerprint density at radius 3 is 2.60 bits per heavy atom. The van der Waals surface area contributed by atoms with Gasteiger partial charge in [-0.25, -0.2) is 0 Å². The summed E-state index contributed by atoms with van der Waals surface area (Å²) in [5.41, 5.74) is 0.859. The number of rotatable bonds is 3. The minimum atomic E-state index is 0.386. The van der Waals surface area contributed by atoms with Gasteiger partial charge in [-0.05, 0) is 13.0 Å². The standard InChI is InChI=1S/C12H15N3/c1-3-4-10-14-15(2)12(13)11-8-6-5-7-9-11/h3-10,13H,1-2H3/b4-3+,13-12?,14-10-. The lowest BCUT2D eigenvalue weighted by Crippen LogP contribution is -2.21. The van der Waals surface area contributed by atoms with Crippen LogP contribution in [0.5, 0.6) is 0 Å². The largest absolute Gasteiger partial charge is 0.283 e. The third-order valence-electron chi connectivity index (χ3n) is 1.89. The van der Waals surface area contributed by atoms with Gasteiger partial charge in [0.05, 0.1) is 0 Å². The normalized spacial score (nSPS) is 11.1. The maximum absolute atomic E-state index is 7.86. The van der Waals surface area contributed by atoms with Gasteiger partial charge in [0.2, 0.25) is 0 Å². The Morgan fingerprint density at radius 1 is 1.33 bits per heavy atom. The van der Waals surface area contributed by atoms with Crippen LogP contribution in [0.3, 0.4) is 0 Å². The molecule has 0 spiro atoms. The Bertz CT molecular complexity index is 366. The number of nitrogens with zero attached hydrogens (tertiary/aromatic N) is 2. The van der Waals surface area contributed by atoms with Gasteiger partial charge in [0, 0.05) is 18.8 Å². The van der Waals surface area contributed by atoms with E-state index in [1.165, 1.54) is 5.01 Å². The Balaban J connectivity index is 2.69. The monoisotopic (exact) mass is 201 g/mol. The van der Waals surface area contributed by atoms with Crippen LogP contribution in [-0.4, -0.2) is 24.1 Å². The molecule has 0 radical (unpaired) electrons. The maximum atomic E-state index is 7.86. The lowest BCUT2D eigenvalue weighted by molar-refractivity contribution is 0.545. The minimum Gasteiger partial charge on any atom is -0.283 e. The molecule has 1 aromatic rings. The second-order valence-corrected chi connectivity index (χ2v) is 3.03. The Hall–Kier alpha value is -1.90.